The first kappa shape index (κ1) is 11.5. The second-order valence-electron chi connectivity index (χ2n) is 2.74. The molecular formula is C9H10FN3OS. The largest absolute Gasteiger partial charge is 0.392 e. The van der Waals surface area contributed by atoms with Crippen LogP contribution in [-0.2, 0) is 6.61 Å². The van der Waals surface area contributed by atoms with Crippen LogP contribution >= 0.6 is 12.2 Å². The molecule has 0 bridgehead atoms. The lowest BCUT2D eigenvalue weighted by Gasteiger charge is -1.99. The van der Waals surface area contributed by atoms with Crippen LogP contribution in [0.15, 0.2) is 23.3 Å². The molecule has 0 fully saturated rings. The predicted molar refractivity (Wildman–Crippen MR) is 59.8 cm³/mol. The molecular weight excluding hydrogens is 217 g/mol. The predicted octanol–water partition coefficient (Wildman–Crippen LogP) is 0.485. The number of rotatable bonds is 3. The van der Waals surface area contributed by atoms with Gasteiger partial charge >= 0.3 is 0 Å². The monoisotopic (exact) mass is 227 g/mol. The highest BCUT2D eigenvalue weighted by Gasteiger charge is 2.00. The van der Waals surface area contributed by atoms with Crippen LogP contribution in [0.2, 0.25) is 0 Å². The van der Waals surface area contributed by atoms with Crippen molar-refractivity contribution in [1.29, 1.82) is 0 Å². The Labute approximate surface area is 91.6 Å². The van der Waals surface area contributed by atoms with E-state index in [0.717, 1.165) is 0 Å². The van der Waals surface area contributed by atoms with Gasteiger partial charge in [0.15, 0.2) is 5.11 Å². The molecule has 0 heterocycles. The summed E-state index contributed by atoms with van der Waals surface area (Å²) < 4.78 is 13.1. The van der Waals surface area contributed by atoms with E-state index in [0.29, 0.717) is 5.56 Å². The summed E-state index contributed by atoms with van der Waals surface area (Å²) in [6.45, 7) is -0.325. The van der Waals surface area contributed by atoms with Crippen LogP contribution < -0.4 is 11.2 Å². The molecule has 15 heavy (non-hydrogen) atoms. The van der Waals surface area contributed by atoms with Crippen molar-refractivity contribution in [2.45, 2.75) is 6.61 Å². The van der Waals surface area contributed by atoms with Gasteiger partial charge in [0.1, 0.15) is 5.82 Å². The Morgan fingerprint density at radius 2 is 2.40 bits per heavy atom. The molecule has 0 atom stereocenters. The van der Waals surface area contributed by atoms with Gasteiger partial charge in [-0.2, -0.15) is 5.10 Å². The summed E-state index contributed by atoms with van der Waals surface area (Å²) in [4.78, 5) is 0. The fraction of sp³-hybridized carbons (Fsp3) is 0.111. The third-order valence-corrected chi connectivity index (χ3v) is 1.73. The molecule has 1 aromatic carbocycles. The van der Waals surface area contributed by atoms with Crippen LogP contribution in [0.3, 0.4) is 0 Å². The molecule has 0 aliphatic rings. The van der Waals surface area contributed by atoms with Crippen molar-refractivity contribution in [1.82, 2.24) is 5.43 Å². The molecule has 0 spiro atoms. The zero-order chi connectivity index (χ0) is 11.3. The quantitative estimate of drug-likeness (QED) is 0.399. The Morgan fingerprint density at radius 3 is 2.93 bits per heavy atom. The fourth-order valence-electron chi connectivity index (χ4n) is 0.943. The molecule has 0 aliphatic carbocycles. The van der Waals surface area contributed by atoms with E-state index in [1.165, 1.54) is 18.3 Å². The standard InChI is InChI=1S/C9H10FN3OS/c10-8-3-6(1-2-7(8)5-14)4-12-13-9(11)15/h1-4,14H,5H2,(H3,11,13,15). The second-order valence-corrected chi connectivity index (χ2v) is 3.18. The van der Waals surface area contributed by atoms with Crippen molar-refractivity contribution in [3.8, 4) is 0 Å². The van der Waals surface area contributed by atoms with Crippen LogP contribution in [0.25, 0.3) is 0 Å². The zero-order valence-electron chi connectivity index (χ0n) is 7.77. The maximum atomic E-state index is 13.1. The smallest absolute Gasteiger partial charge is 0.184 e. The summed E-state index contributed by atoms with van der Waals surface area (Å²) in [5.74, 6) is -0.475. The van der Waals surface area contributed by atoms with Gasteiger partial charge in [-0.25, -0.2) is 4.39 Å². The van der Waals surface area contributed by atoms with Gasteiger partial charge in [-0.3, -0.25) is 5.43 Å². The zero-order valence-corrected chi connectivity index (χ0v) is 8.59. The van der Waals surface area contributed by atoms with Crippen molar-refractivity contribution >= 4 is 23.5 Å². The number of halogens is 1. The van der Waals surface area contributed by atoms with E-state index in [9.17, 15) is 4.39 Å². The third kappa shape index (κ3) is 3.61. The molecule has 0 saturated carbocycles. The average Bonchev–Trinajstić information content (AvgIpc) is 2.17. The third-order valence-electron chi connectivity index (χ3n) is 1.64. The molecule has 0 saturated heterocycles. The number of benzene rings is 1. The number of nitrogens with one attached hydrogen (secondary N) is 1. The summed E-state index contributed by atoms with van der Waals surface area (Å²) in [5, 5.41) is 12.4. The van der Waals surface area contributed by atoms with E-state index < -0.39 is 5.82 Å². The first-order valence-corrected chi connectivity index (χ1v) is 4.52. The molecule has 0 aliphatic heterocycles. The van der Waals surface area contributed by atoms with Crippen molar-refractivity contribution in [2.75, 3.05) is 0 Å². The Balaban J connectivity index is 2.75. The molecule has 1 aromatic rings. The number of nitrogens with two attached hydrogens (primary N) is 1. The Hall–Kier alpha value is -1.53. The van der Waals surface area contributed by atoms with Gasteiger partial charge in [0.05, 0.1) is 12.8 Å². The van der Waals surface area contributed by atoms with Gasteiger partial charge in [0, 0.05) is 5.56 Å². The van der Waals surface area contributed by atoms with Gasteiger partial charge in [0.2, 0.25) is 0 Å². The Kier molecular flexibility index (Phi) is 4.14. The summed E-state index contributed by atoms with van der Waals surface area (Å²) in [6, 6.07) is 4.37. The number of nitrogens with zero attached hydrogens (tertiary/aromatic N) is 1. The number of thiocarbonyl (C=S) groups is 1. The van der Waals surface area contributed by atoms with Crippen LogP contribution in [0.1, 0.15) is 11.1 Å². The van der Waals surface area contributed by atoms with Crippen molar-refractivity contribution in [3.63, 3.8) is 0 Å². The van der Waals surface area contributed by atoms with Crippen LogP contribution in [0.4, 0.5) is 4.39 Å². The maximum absolute atomic E-state index is 13.1. The summed E-state index contributed by atoms with van der Waals surface area (Å²) >= 11 is 4.52. The minimum Gasteiger partial charge on any atom is -0.392 e. The molecule has 0 unspecified atom stereocenters. The summed E-state index contributed by atoms with van der Waals surface area (Å²) in [5.41, 5.74) is 8.27. The fourth-order valence-corrected chi connectivity index (χ4v) is 0.995. The van der Waals surface area contributed by atoms with E-state index in [4.69, 9.17) is 10.8 Å². The highest BCUT2D eigenvalue weighted by atomic mass is 32.1. The maximum Gasteiger partial charge on any atom is 0.184 e. The second kappa shape index (κ2) is 5.38. The van der Waals surface area contributed by atoms with Gasteiger partial charge < -0.3 is 10.8 Å². The Morgan fingerprint density at radius 1 is 1.67 bits per heavy atom. The summed E-state index contributed by atoms with van der Waals surface area (Å²) in [7, 11) is 0. The molecule has 6 heteroatoms. The molecule has 80 valence electrons. The minimum atomic E-state index is -0.475. The van der Waals surface area contributed by atoms with Gasteiger partial charge in [-0.05, 0) is 23.8 Å². The van der Waals surface area contributed by atoms with E-state index in [1.807, 2.05) is 0 Å². The van der Waals surface area contributed by atoms with Gasteiger partial charge in [-0.15, -0.1) is 0 Å². The van der Waals surface area contributed by atoms with Gasteiger partial charge in [-0.1, -0.05) is 12.1 Å². The first-order chi connectivity index (χ1) is 7.13. The number of hydrogen-bond acceptors (Lipinski definition) is 3. The topological polar surface area (TPSA) is 70.6 Å². The van der Waals surface area contributed by atoms with Crippen LogP contribution in [0, 0.1) is 5.82 Å². The summed E-state index contributed by atoms with van der Waals surface area (Å²) in [6.07, 6.45) is 1.38. The number of hydrazone groups is 1. The molecule has 0 aromatic heterocycles. The van der Waals surface area contributed by atoms with Crippen LogP contribution in [-0.4, -0.2) is 16.4 Å². The normalized spacial score (nSPS) is 10.5. The lowest BCUT2D eigenvalue weighted by Crippen LogP contribution is -2.23. The highest BCUT2D eigenvalue weighted by Crippen LogP contribution is 2.08. The highest BCUT2D eigenvalue weighted by molar-refractivity contribution is 7.80. The van der Waals surface area contributed by atoms with E-state index in [-0.39, 0.29) is 17.3 Å². The molecule has 1 rings (SSSR count). The molecule has 0 radical (unpaired) electrons. The Bertz CT molecular complexity index is 395. The molecule has 4 N–H and O–H groups in total. The number of aliphatic hydroxyl groups excluding tert-OH is 1. The van der Waals surface area contributed by atoms with Crippen LogP contribution in [0.5, 0.6) is 0 Å². The molecule has 4 nitrogen and oxygen atoms in total. The minimum absolute atomic E-state index is 0.0405. The van der Waals surface area contributed by atoms with Crippen molar-refractivity contribution in [3.05, 3.63) is 35.1 Å². The van der Waals surface area contributed by atoms with E-state index in [2.05, 4.69) is 22.7 Å². The van der Waals surface area contributed by atoms with Gasteiger partial charge in [0.25, 0.3) is 0 Å². The average molecular weight is 227 g/mol. The van der Waals surface area contributed by atoms with Crippen molar-refractivity contribution in [2.24, 2.45) is 10.8 Å². The SMILES string of the molecule is NC(=S)NN=Cc1ccc(CO)c(F)c1. The molecule has 0 amide bonds. The lowest BCUT2D eigenvalue weighted by molar-refractivity contribution is 0.276. The van der Waals surface area contributed by atoms with E-state index >= 15 is 0 Å². The number of hydrogen-bond donors (Lipinski definition) is 3. The van der Waals surface area contributed by atoms with E-state index in [1.54, 1.807) is 6.07 Å². The van der Waals surface area contributed by atoms with Crippen molar-refractivity contribution < 1.29 is 9.50 Å². The lowest BCUT2D eigenvalue weighted by atomic mass is 10.1. The first-order valence-electron chi connectivity index (χ1n) is 4.11. The number of aliphatic hydroxyl groups is 1.